The van der Waals surface area contributed by atoms with Crippen molar-refractivity contribution >= 4 is 5.69 Å². The summed E-state index contributed by atoms with van der Waals surface area (Å²) >= 11 is 0. The summed E-state index contributed by atoms with van der Waals surface area (Å²) in [6, 6.07) is 8.79. The van der Waals surface area contributed by atoms with E-state index in [2.05, 4.69) is 18.0 Å². The molecule has 1 aliphatic carbocycles. The van der Waals surface area contributed by atoms with Gasteiger partial charge in [0.05, 0.1) is 6.61 Å². The minimum absolute atomic E-state index is 0.132. The zero-order valence-electron chi connectivity index (χ0n) is 9.32. The van der Waals surface area contributed by atoms with E-state index in [-0.39, 0.29) is 6.61 Å². The van der Waals surface area contributed by atoms with Gasteiger partial charge in [0.25, 0.3) is 0 Å². The molecule has 0 amide bonds. The van der Waals surface area contributed by atoms with Gasteiger partial charge in [0.15, 0.2) is 0 Å². The van der Waals surface area contributed by atoms with Crippen LogP contribution in [0.5, 0.6) is 0 Å². The predicted octanol–water partition coefficient (Wildman–Crippen LogP) is 2.56. The Kier molecular flexibility index (Phi) is 3.27. The summed E-state index contributed by atoms with van der Waals surface area (Å²) in [5.74, 6) is 0. The monoisotopic (exact) mass is 205 g/mol. The Morgan fingerprint density at radius 3 is 2.60 bits per heavy atom. The molecule has 0 bridgehead atoms. The topological polar surface area (TPSA) is 23.5 Å². The zero-order valence-corrected chi connectivity index (χ0v) is 9.32. The van der Waals surface area contributed by atoms with Crippen LogP contribution in [0.1, 0.15) is 31.2 Å². The molecule has 0 aromatic heterocycles. The number of hydrogen-bond acceptors (Lipinski definition) is 2. The van der Waals surface area contributed by atoms with E-state index in [0.29, 0.717) is 6.04 Å². The molecule has 1 aromatic carbocycles. The van der Waals surface area contributed by atoms with E-state index in [4.69, 9.17) is 0 Å². The van der Waals surface area contributed by atoms with Gasteiger partial charge < -0.3 is 10.0 Å². The predicted molar refractivity (Wildman–Crippen MR) is 63.0 cm³/mol. The van der Waals surface area contributed by atoms with E-state index < -0.39 is 0 Å². The Morgan fingerprint density at radius 2 is 1.93 bits per heavy atom. The lowest BCUT2D eigenvalue weighted by molar-refractivity contribution is 0.282. The van der Waals surface area contributed by atoms with Crippen LogP contribution in [-0.4, -0.2) is 18.2 Å². The van der Waals surface area contributed by atoms with Crippen LogP contribution >= 0.6 is 0 Å². The molecule has 1 N–H and O–H groups in total. The fourth-order valence-electron chi connectivity index (χ4n) is 2.48. The molecule has 2 nitrogen and oxygen atoms in total. The zero-order chi connectivity index (χ0) is 10.7. The Labute approximate surface area is 91.5 Å². The molecule has 82 valence electrons. The lowest BCUT2D eigenvalue weighted by Gasteiger charge is -2.28. The van der Waals surface area contributed by atoms with E-state index in [1.807, 2.05) is 18.2 Å². The summed E-state index contributed by atoms with van der Waals surface area (Å²) in [4.78, 5) is 2.33. The second-order valence-corrected chi connectivity index (χ2v) is 4.34. The number of para-hydroxylation sites is 1. The van der Waals surface area contributed by atoms with Crippen molar-refractivity contribution in [3.63, 3.8) is 0 Å². The molecule has 0 aliphatic heterocycles. The summed E-state index contributed by atoms with van der Waals surface area (Å²) < 4.78 is 0. The lowest BCUT2D eigenvalue weighted by atomic mass is 10.1. The fourth-order valence-corrected chi connectivity index (χ4v) is 2.48. The summed E-state index contributed by atoms with van der Waals surface area (Å²) in [7, 11) is 2.14. The molecule has 15 heavy (non-hydrogen) atoms. The number of aliphatic hydroxyl groups is 1. The number of benzene rings is 1. The van der Waals surface area contributed by atoms with Crippen molar-refractivity contribution in [2.45, 2.75) is 38.3 Å². The molecule has 1 saturated carbocycles. The van der Waals surface area contributed by atoms with Crippen molar-refractivity contribution in [3.05, 3.63) is 29.8 Å². The summed E-state index contributed by atoms with van der Waals surface area (Å²) in [6.07, 6.45) is 5.26. The molecule has 1 aliphatic rings. The van der Waals surface area contributed by atoms with Crippen molar-refractivity contribution in [1.29, 1.82) is 0 Å². The van der Waals surface area contributed by atoms with Crippen molar-refractivity contribution in [2.75, 3.05) is 11.9 Å². The Bertz CT molecular complexity index is 318. The summed E-state index contributed by atoms with van der Waals surface area (Å²) in [5.41, 5.74) is 2.22. The highest BCUT2D eigenvalue weighted by Gasteiger charge is 2.20. The maximum atomic E-state index is 9.28. The first-order chi connectivity index (χ1) is 7.33. The number of aliphatic hydroxyl groups excluding tert-OH is 1. The molecule has 2 rings (SSSR count). The van der Waals surface area contributed by atoms with Gasteiger partial charge in [0, 0.05) is 24.3 Å². The second-order valence-electron chi connectivity index (χ2n) is 4.34. The van der Waals surface area contributed by atoms with Crippen LogP contribution in [0.25, 0.3) is 0 Å². The first-order valence-corrected chi connectivity index (χ1v) is 5.74. The lowest BCUT2D eigenvalue weighted by Crippen LogP contribution is -2.29. The number of anilines is 1. The van der Waals surface area contributed by atoms with Crippen LogP contribution in [-0.2, 0) is 6.61 Å². The molecule has 1 aromatic rings. The van der Waals surface area contributed by atoms with Crippen LogP contribution in [0.15, 0.2) is 24.3 Å². The van der Waals surface area contributed by atoms with Gasteiger partial charge in [-0.25, -0.2) is 0 Å². The normalized spacial score (nSPS) is 16.9. The minimum atomic E-state index is 0.132. The first-order valence-electron chi connectivity index (χ1n) is 5.74. The van der Waals surface area contributed by atoms with E-state index >= 15 is 0 Å². The number of rotatable bonds is 3. The van der Waals surface area contributed by atoms with Gasteiger partial charge in [0.1, 0.15) is 0 Å². The first kappa shape index (κ1) is 10.5. The third-order valence-corrected chi connectivity index (χ3v) is 3.41. The van der Waals surface area contributed by atoms with E-state index in [9.17, 15) is 5.11 Å². The molecule has 1 fully saturated rings. The average molecular weight is 205 g/mol. The standard InChI is InChI=1S/C13H19NO/c1-14(12-7-3-4-8-12)13-9-5-2-6-11(13)10-15/h2,5-6,9,12,15H,3-4,7-8,10H2,1H3. The second kappa shape index (κ2) is 4.67. The fraction of sp³-hybridized carbons (Fsp3) is 0.538. The molecular weight excluding hydrogens is 186 g/mol. The molecule has 0 saturated heterocycles. The summed E-state index contributed by atoms with van der Waals surface area (Å²) in [6.45, 7) is 0.132. The number of nitrogens with zero attached hydrogens (tertiary/aromatic N) is 1. The SMILES string of the molecule is CN(c1ccccc1CO)C1CCCC1. The molecular formula is C13H19NO. The third kappa shape index (κ3) is 2.15. The van der Waals surface area contributed by atoms with Gasteiger partial charge in [-0.3, -0.25) is 0 Å². The maximum Gasteiger partial charge on any atom is 0.0702 e. The van der Waals surface area contributed by atoms with Gasteiger partial charge in [-0.05, 0) is 18.9 Å². The number of hydrogen-bond donors (Lipinski definition) is 1. The third-order valence-electron chi connectivity index (χ3n) is 3.41. The van der Waals surface area contributed by atoms with Crippen LogP contribution < -0.4 is 4.90 Å². The van der Waals surface area contributed by atoms with Crippen LogP contribution in [0.2, 0.25) is 0 Å². The van der Waals surface area contributed by atoms with Gasteiger partial charge in [0.2, 0.25) is 0 Å². The Balaban J connectivity index is 2.19. The van der Waals surface area contributed by atoms with Gasteiger partial charge in [-0.1, -0.05) is 31.0 Å². The van der Waals surface area contributed by atoms with E-state index in [1.165, 1.54) is 31.4 Å². The molecule has 0 radical (unpaired) electrons. The Hall–Kier alpha value is -1.02. The van der Waals surface area contributed by atoms with Gasteiger partial charge >= 0.3 is 0 Å². The molecule has 0 atom stereocenters. The molecule has 2 heteroatoms. The van der Waals surface area contributed by atoms with Gasteiger partial charge in [-0.15, -0.1) is 0 Å². The molecule has 0 unspecified atom stereocenters. The van der Waals surface area contributed by atoms with Crippen molar-refractivity contribution < 1.29 is 5.11 Å². The Morgan fingerprint density at radius 1 is 1.27 bits per heavy atom. The van der Waals surface area contributed by atoms with Crippen molar-refractivity contribution in [1.82, 2.24) is 0 Å². The van der Waals surface area contributed by atoms with Crippen molar-refractivity contribution in [3.8, 4) is 0 Å². The van der Waals surface area contributed by atoms with Crippen LogP contribution in [0.4, 0.5) is 5.69 Å². The van der Waals surface area contributed by atoms with E-state index in [1.54, 1.807) is 0 Å². The van der Waals surface area contributed by atoms with Gasteiger partial charge in [-0.2, -0.15) is 0 Å². The largest absolute Gasteiger partial charge is 0.392 e. The van der Waals surface area contributed by atoms with Crippen LogP contribution in [0.3, 0.4) is 0 Å². The van der Waals surface area contributed by atoms with Crippen LogP contribution in [0, 0.1) is 0 Å². The highest BCUT2D eigenvalue weighted by atomic mass is 16.3. The highest BCUT2D eigenvalue weighted by molar-refractivity contribution is 5.53. The quantitative estimate of drug-likeness (QED) is 0.819. The summed E-state index contributed by atoms with van der Waals surface area (Å²) in [5, 5.41) is 9.28. The smallest absolute Gasteiger partial charge is 0.0702 e. The molecule has 0 spiro atoms. The maximum absolute atomic E-state index is 9.28. The highest BCUT2D eigenvalue weighted by Crippen LogP contribution is 2.28. The minimum Gasteiger partial charge on any atom is -0.392 e. The average Bonchev–Trinajstić information content (AvgIpc) is 2.81. The van der Waals surface area contributed by atoms with Crippen molar-refractivity contribution in [2.24, 2.45) is 0 Å². The van der Waals surface area contributed by atoms with E-state index in [0.717, 1.165) is 5.56 Å². The molecule has 0 heterocycles.